The number of amides is 2. The number of hydrogen-bond acceptors (Lipinski definition) is 3. The minimum Gasteiger partial charge on any atom is -0.481 e. The van der Waals surface area contributed by atoms with Gasteiger partial charge in [-0.15, -0.1) is 0 Å². The van der Waals surface area contributed by atoms with Crippen LogP contribution in [0.2, 0.25) is 0 Å². The molecule has 2 N–H and O–H groups in total. The number of carbonyl (C=O) groups is 2. The molecule has 0 aliphatic carbocycles. The first kappa shape index (κ1) is 16.3. The van der Waals surface area contributed by atoms with E-state index in [0.29, 0.717) is 13.1 Å². The number of carboxylic acids is 1. The molecule has 0 bridgehead atoms. The fourth-order valence-electron chi connectivity index (χ4n) is 3.27. The fraction of sp³-hybridized carbons (Fsp3) is 0.471. The van der Waals surface area contributed by atoms with Crippen LogP contribution in [-0.4, -0.2) is 44.9 Å². The van der Waals surface area contributed by atoms with Crippen molar-refractivity contribution >= 4 is 28.6 Å². The van der Waals surface area contributed by atoms with E-state index in [9.17, 15) is 9.59 Å². The number of piperidine rings is 1. The van der Waals surface area contributed by atoms with Crippen LogP contribution in [0.3, 0.4) is 0 Å². The lowest BCUT2D eigenvalue weighted by atomic mass is 9.95. The molecule has 1 fully saturated rings. The molecular weight excluding hydrogens is 308 g/mol. The number of nitrogens with zero attached hydrogens (tertiary/aromatic N) is 3. The molecule has 1 aliphatic heterocycles. The lowest BCUT2D eigenvalue weighted by Gasteiger charge is -2.32. The van der Waals surface area contributed by atoms with Crippen LogP contribution in [0.25, 0.3) is 10.9 Å². The lowest BCUT2D eigenvalue weighted by Crippen LogP contribution is -2.42. The molecular formula is C17H22N4O3. The largest absolute Gasteiger partial charge is 0.481 e. The number of likely N-dealkylation sites (tertiary alicyclic amines) is 1. The summed E-state index contributed by atoms with van der Waals surface area (Å²) in [5.74, 6) is -0.772. The summed E-state index contributed by atoms with van der Waals surface area (Å²) in [6.45, 7) is 3.95. The van der Waals surface area contributed by atoms with Gasteiger partial charge in [0.25, 0.3) is 0 Å². The Morgan fingerprint density at radius 1 is 1.42 bits per heavy atom. The Morgan fingerprint density at radius 3 is 3.00 bits per heavy atom. The van der Waals surface area contributed by atoms with Crippen molar-refractivity contribution in [2.75, 3.05) is 18.4 Å². The topological polar surface area (TPSA) is 87.5 Å². The first-order valence-electron chi connectivity index (χ1n) is 8.30. The summed E-state index contributed by atoms with van der Waals surface area (Å²) >= 11 is 0. The predicted octanol–water partition coefficient (Wildman–Crippen LogP) is 2.77. The zero-order chi connectivity index (χ0) is 17.1. The highest BCUT2D eigenvalue weighted by atomic mass is 16.4. The summed E-state index contributed by atoms with van der Waals surface area (Å²) in [6, 6.07) is 5.54. The summed E-state index contributed by atoms with van der Waals surface area (Å²) in [7, 11) is 0. The third kappa shape index (κ3) is 3.50. The number of urea groups is 1. The molecule has 3 rings (SSSR count). The van der Waals surface area contributed by atoms with Gasteiger partial charge in [0.2, 0.25) is 0 Å². The number of nitrogens with one attached hydrogen (secondary N) is 1. The van der Waals surface area contributed by atoms with Crippen molar-refractivity contribution < 1.29 is 14.7 Å². The molecule has 7 nitrogen and oxygen atoms in total. The van der Waals surface area contributed by atoms with Crippen molar-refractivity contribution in [1.29, 1.82) is 0 Å². The van der Waals surface area contributed by atoms with Crippen molar-refractivity contribution in [3.8, 4) is 0 Å². The monoisotopic (exact) mass is 330 g/mol. The Labute approximate surface area is 140 Å². The first-order chi connectivity index (χ1) is 11.6. The number of aryl methyl sites for hydroxylation is 1. The summed E-state index contributed by atoms with van der Waals surface area (Å²) < 4.78 is 1.88. The molecule has 1 saturated heterocycles. The van der Waals surface area contributed by atoms with E-state index >= 15 is 0 Å². The van der Waals surface area contributed by atoms with Gasteiger partial charge in [0.05, 0.1) is 11.7 Å². The van der Waals surface area contributed by atoms with Crippen LogP contribution in [0, 0.1) is 5.92 Å². The van der Waals surface area contributed by atoms with Gasteiger partial charge in [0, 0.05) is 37.1 Å². The molecule has 0 spiro atoms. The Kier molecular flexibility index (Phi) is 4.69. The standard InChI is InChI=1S/C17H22N4O3/c1-2-21-15-9-14(6-5-13(15)10-18-21)19-17(24)20-7-3-4-12(11-20)8-16(22)23/h5-6,9-10,12H,2-4,7-8,11H2,1H3,(H,19,24)(H,22,23). The quantitative estimate of drug-likeness (QED) is 0.902. The van der Waals surface area contributed by atoms with Gasteiger partial charge < -0.3 is 15.3 Å². The van der Waals surface area contributed by atoms with Gasteiger partial charge in [-0.3, -0.25) is 9.48 Å². The van der Waals surface area contributed by atoms with Gasteiger partial charge in [0.15, 0.2) is 0 Å². The molecule has 1 unspecified atom stereocenters. The maximum Gasteiger partial charge on any atom is 0.321 e. The van der Waals surface area contributed by atoms with E-state index in [2.05, 4.69) is 10.4 Å². The lowest BCUT2D eigenvalue weighted by molar-refractivity contribution is -0.138. The summed E-state index contributed by atoms with van der Waals surface area (Å²) in [5.41, 5.74) is 1.71. The number of carbonyl (C=O) groups excluding carboxylic acids is 1. The number of rotatable bonds is 4. The zero-order valence-electron chi connectivity index (χ0n) is 13.7. The SMILES string of the molecule is CCn1ncc2ccc(NC(=O)N3CCCC(CC(=O)O)C3)cc21. The van der Waals surface area contributed by atoms with Crippen molar-refractivity contribution in [2.24, 2.45) is 5.92 Å². The number of anilines is 1. The highest BCUT2D eigenvalue weighted by Gasteiger charge is 2.25. The summed E-state index contributed by atoms with van der Waals surface area (Å²) in [4.78, 5) is 25.0. The Hall–Kier alpha value is -2.57. The molecule has 128 valence electrons. The number of carboxylic acid groups (broad SMARTS) is 1. The molecule has 7 heteroatoms. The van der Waals surface area contributed by atoms with Crippen molar-refractivity contribution in [3.63, 3.8) is 0 Å². The second kappa shape index (κ2) is 6.90. The maximum absolute atomic E-state index is 12.5. The van der Waals surface area contributed by atoms with Gasteiger partial charge in [0.1, 0.15) is 0 Å². The van der Waals surface area contributed by atoms with Crippen LogP contribution < -0.4 is 5.32 Å². The Bertz CT molecular complexity index is 755. The highest BCUT2D eigenvalue weighted by molar-refractivity contribution is 5.92. The zero-order valence-corrected chi connectivity index (χ0v) is 13.7. The molecule has 2 amide bonds. The third-order valence-electron chi connectivity index (χ3n) is 4.47. The van der Waals surface area contributed by atoms with Crippen LogP contribution in [0.15, 0.2) is 24.4 Å². The van der Waals surface area contributed by atoms with Crippen molar-refractivity contribution in [3.05, 3.63) is 24.4 Å². The Balaban J connectivity index is 1.68. The molecule has 24 heavy (non-hydrogen) atoms. The molecule has 1 aromatic heterocycles. The van der Waals surface area contributed by atoms with E-state index < -0.39 is 5.97 Å². The van der Waals surface area contributed by atoms with E-state index in [1.165, 1.54) is 0 Å². The number of benzene rings is 1. The highest BCUT2D eigenvalue weighted by Crippen LogP contribution is 2.22. The minimum absolute atomic E-state index is 0.0333. The third-order valence-corrected chi connectivity index (χ3v) is 4.47. The molecule has 1 atom stereocenters. The van der Waals surface area contributed by atoms with Crippen LogP contribution in [0.5, 0.6) is 0 Å². The maximum atomic E-state index is 12.5. The van der Waals surface area contributed by atoms with Crippen LogP contribution >= 0.6 is 0 Å². The normalized spacial score (nSPS) is 17.9. The summed E-state index contributed by atoms with van der Waals surface area (Å²) in [5, 5.41) is 17.2. The van der Waals surface area contributed by atoms with Gasteiger partial charge in [-0.05, 0) is 43.9 Å². The van der Waals surface area contributed by atoms with E-state index in [4.69, 9.17) is 5.11 Å². The number of aliphatic carboxylic acids is 1. The number of hydrogen-bond donors (Lipinski definition) is 2. The molecule has 2 aromatic rings. The number of aromatic nitrogens is 2. The van der Waals surface area contributed by atoms with E-state index in [0.717, 1.165) is 36.0 Å². The number of fused-ring (bicyclic) bond motifs is 1. The van der Waals surface area contributed by atoms with Gasteiger partial charge >= 0.3 is 12.0 Å². The second-order valence-electron chi connectivity index (χ2n) is 6.22. The second-order valence-corrected chi connectivity index (χ2v) is 6.22. The van der Waals surface area contributed by atoms with Gasteiger partial charge in [-0.1, -0.05) is 0 Å². The molecule has 0 radical (unpaired) electrons. The van der Waals surface area contributed by atoms with Crippen LogP contribution in [-0.2, 0) is 11.3 Å². The molecule has 2 heterocycles. The van der Waals surface area contributed by atoms with Gasteiger partial charge in [-0.25, -0.2) is 4.79 Å². The Morgan fingerprint density at radius 2 is 2.25 bits per heavy atom. The van der Waals surface area contributed by atoms with Crippen molar-refractivity contribution in [1.82, 2.24) is 14.7 Å². The van der Waals surface area contributed by atoms with E-state index in [1.807, 2.05) is 36.0 Å². The van der Waals surface area contributed by atoms with Crippen LogP contribution in [0.1, 0.15) is 26.2 Å². The van der Waals surface area contributed by atoms with Gasteiger partial charge in [-0.2, -0.15) is 5.10 Å². The van der Waals surface area contributed by atoms with E-state index in [-0.39, 0.29) is 18.4 Å². The van der Waals surface area contributed by atoms with Crippen molar-refractivity contribution in [2.45, 2.75) is 32.7 Å². The van der Waals surface area contributed by atoms with E-state index in [1.54, 1.807) is 4.90 Å². The summed E-state index contributed by atoms with van der Waals surface area (Å²) in [6.07, 6.45) is 3.63. The first-order valence-corrected chi connectivity index (χ1v) is 8.30. The smallest absolute Gasteiger partial charge is 0.321 e. The molecule has 1 aliphatic rings. The molecule has 1 aromatic carbocycles. The van der Waals surface area contributed by atoms with Crippen LogP contribution in [0.4, 0.5) is 10.5 Å². The predicted molar refractivity (Wildman–Crippen MR) is 91.0 cm³/mol. The average Bonchev–Trinajstić information content (AvgIpc) is 2.96. The fourth-order valence-corrected chi connectivity index (χ4v) is 3.27. The average molecular weight is 330 g/mol. The molecule has 0 saturated carbocycles. The minimum atomic E-state index is -0.805.